The molecule has 1 N–H and O–H groups in total. The van der Waals surface area contributed by atoms with Crippen molar-refractivity contribution in [3.05, 3.63) is 94.8 Å². The first-order valence-electron chi connectivity index (χ1n) is 14.9. The number of aliphatic carboxylic acids is 1. The van der Waals surface area contributed by atoms with Crippen molar-refractivity contribution in [2.24, 2.45) is 0 Å². The van der Waals surface area contributed by atoms with Gasteiger partial charge in [0, 0.05) is 31.2 Å². The Morgan fingerprint density at radius 2 is 1.65 bits per heavy atom. The number of aryl methyl sites for hydroxylation is 1. The van der Waals surface area contributed by atoms with Crippen molar-refractivity contribution in [3.8, 4) is 11.5 Å². The zero-order valence-electron chi connectivity index (χ0n) is 25.6. The van der Waals surface area contributed by atoms with Crippen LogP contribution in [0, 0.1) is 0 Å². The third-order valence-electron chi connectivity index (χ3n) is 6.89. The van der Waals surface area contributed by atoms with Gasteiger partial charge in [-0.3, -0.25) is 9.59 Å². The van der Waals surface area contributed by atoms with Crippen LogP contribution in [0.5, 0.6) is 11.5 Å². The summed E-state index contributed by atoms with van der Waals surface area (Å²) in [5.41, 5.74) is 4.65. The van der Waals surface area contributed by atoms with Crippen molar-refractivity contribution in [2.75, 3.05) is 27.8 Å². The summed E-state index contributed by atoms with van der Waals surface area (Å²) in [6.07, 6.45) is 11.2. The van der Waals surface area contributed by atoms with Crippen molar-refractivity contribution in [2.45, 2.75) is 62.9 Å². The number of nitrogens with zero attached hydrogens (tertiary/aromatic N) is 2. The molecular formula is C35H44N2O5S. The maximum Gasteiger partial charge on any atom is 0.307 e. The summed E-state index contributed by atoms with van der Waals surface area (Å²) in [4.78, 5) is 29.6. The number of benzene rings is 2. The molecule has 0 atom stereocenters. The van der Waals surface area contributed by atoms with E-state index < -0.39 is 5.97 Å². The smallest absolute Gasteiger partial charge is 0.307 e. The Hall–Kier alpha value is -3.78. The number of methoxy groups -OCH3 is 1. The topological polar surface area (TPSA) is 89.0 Å². The fraction of sp³-hybridized carbons (Fsp3) is 0.400. The van der Waals surface area contributed by atoms with Gasteiger partial charge in [-0.25, -0.2) is 4.98 Å². The van der Waals surface area contributed by atoms with Crippen LogP contribution in [0.1, 0.15) is 77.8 Å². The Balaban J connectivity index is 1.42. The molecule has 0 radical (unpaired) electrons. The van der Waals surface area contributed by atoms with E-state index in [0.717, 1.165) is 42.0 Å². The number of hydrogen-bond donors (Lipinski definition) is 1. The minimum atomic E-state index is -0.885. The Morgan fingerprint density at radius 1 is 0.907 bits per heavy atom. The minimum absolute atomic E-state index is 0.0114. The first-order chi connectivity index (χ1) is 20.9. The number of aromatic nitrogens is 1. The standard InChI is InChI=1S/C35H44N2O5S/c1-37(2)35(40)29-14-10-13-28(24-29)25-43-26-30-19-22-33(32(36-30)15-11-16-34(38)39)42-23-9-7-5-4-6-8-12-27-17-20-31(41-3)21-18-27/h10-11,13-15,17-22,24H,4-9,12,16,23,25-26H2,1-3H3,(H,38,39). The van der Waals surface area contributed by atoms with E-state index in [0.29, 0.717) is 29.4 Å². The van der Waals surface area contributed by atoms with Crippen LogP contribution in [0.2, 0.25) is 0 Å². The number of carbonyl (C=O) groups is 2. The van der Waals surface area contributed by atoms with Gasteiger partial charge in [0.25, 0.3) is 5.91 Å². The third-order valence-corrected chi connectivity index (χ3v) is 7.92. The van der Waals surface area contributed by atoms with Crippen LogP contribution >= 0.6 is 11.8 Å². The van der Waals surface area contributed by atoms with Gasteiger partial charge in [0.15, 0.2) is 0 Å². The highest BCUT2D eigenvalue weighted by Gasteiger charge is 2.09. The average Bonchev–Trinajstić information content (AvgIpc) is 3.01. The molecule has 0 aliphatic rings. The van der Waals surface area contributed by atoms with Crippen LogP contribution < -0.4 is 9.47 Å². The lowest BCUT2D eigenvalue weighted by atomic mass is 10.0. The SMILES string of the molecule is COc1ccc(CCCCCCCCOc2ccc(CSCc3cccc(C(=O)N(C)C)c3)nc2C=CCC(=O)O)cc1. The number of ether oxygens (including phenoxy) is 2. The number of pyridine rings is 1. The molecule has 3 aromatic rings. The molecule has 0 bridgehead atoms. The zero-order chi connectivity index (χ0) is 30.9. The summed E-state index contributed by atoms with van der Waals surface area (Å²) in [5, 5.41) is 9.04. The number of hydrogen-bond acceptors (Lipinski definition) is 6. The molecular weight excluding hydrogens is 560 g/mol. The van der Waals surface area contributed by atoms with Crippen LogP contribution in [0.25, 0.3) is 6.08 Å². The quantitative estimate of drug-likeness (QED) is 0.140. The summed E-state index contributed by atoms with van der Waals surface area (Å²) in [7, 11) is 5.19. The molecule has 2 aromatic carbocycles. The van der Waals surface area contributed by atoms with E-state index in [2.05, 4.69) is 12.1 Å². The molecule has 0 unspecified atom stereocenters. The Morgan fingerprint density at radius 3 is 2.37 bits per heavy atom. The number of rotatable bonds is 19. The van der Waals surface area contributed by atoms with Gasteiger partial charge in [-0.2, -0.15) is 11.8 Å². The van der Waals surface area contributed by atoms with Crippen molar-refractivity contribution >= 4 is 29.7 Å². The molecule has 7 nitrogen and oxygen atoms in total. The first kappa shape index (κ1) is 33.7. The van der Waals surface area contributed by atoms with Gasteiger partial charge in [0.05, 0.1) is 25.8 Å². The van der Waals surface area contributed by atoms with Gasteiger partial charge >= 0.3 is 5.97 Å². The van der Waals surface area contributed by atoms with Gasteiger partial charge in [0.2, 0.25) is 0 Å². The van der Waals surface area contributed by atoms with Crippen LogP contribution in [0.15, 0.2) is 66.7 Å². The van der Waals surface area contributed by atoms with E-state index in [4.69, 9.17) is 19.6 Å². The molecule has 230 valence electrons. The number of carbonyl (C=O) groups excluding carboxylic acids is 1. The zero-order valence-corrected chi connectivity index (χ0v) is 26.4. The number of carboxylic acids is 1. The van der Waals surface area contributed by atoms with Crippen LogP contribution in [-0.4, -0.2) is 54.7 Å². The molecule has 8 heteroatoms. The second kappa shape index (κ2) is 18.7. The number of thioether (sulfide) groups is 1. The maximum absolute atomic E-state index is 12.3. The summed E-state index contributed by atoms with van der Waals surface area (Å²) in [6.45, 7) is 0.601. The van der Waals surface area contributed by atoms with E-state index >= 15 is 0 Å². The molecule has 0 aliphatic heterocycles. The molecule has 0 saturated heterocycles. The third kappa shape index (κ3) is 12.5. The second-order valence-corrected chi connectivity index (χ2v) is 11.6. The fourth-order valence-corrected chi connectivity index (χ4v) is 5.42. The summed E-state index contributed by atoms with van der Waals surface area (Å²) in [6, 6.07) is 19.9. The summed E-state index contributed by atoms with van der Waals surface area (Å²) >= 11 is 1.71. The molecule has 0 saturated carbocycles. The van der Waals surface area contributed by atoms with E-state index in [-0.39, 0.29) is 12.3 Å². The first-order valence-corrected chi connectivity index (χ1v) is 16.0. The molecule has 1 heterocycles. The Kier molecular flexibility index (Phi) is 14.7. The predicted octanol–water partition coefficient (Wildman–Crippen LogP) is 7.68. The lowest BCUT2D eigenvalue weighted by Gasteiger charge is -2.12. The van der Waals surface area contributed by atoms with Crippen molar-refractivity contribution in [3.63, 3.8) is 0 Å². The maximum atomic E-state index is 12.3. The largest absolute Gasteiger partial charge is 0.497 e. The van der Waals surface area contributed by atoms with Crippen LogP contribution in [0.4, 0.5) is 0 Å². The molecule has 1 amide bonds. The highest BCUT2D eigenvalue weighted by molar-refractivity contribution is 7.97. The minimum Gasteiger partial charge on any atom is -0.497 e. The van der Waals surface area contributed by atoms with E-state index in [9.17, 15) is 9.59 Å². The van der Waals surface area contributed by atoms with Gasteiger partial charge in [-0.15, -0.1) is 0 Å². The number of carboxylic acid groups (broad SMARTS) is 1. The molecule has 3 rings (SSSR count). The van der Waals surface area contributed by atoms with Gasteiger partial charge < -0.3 is 19.5 Å². The molecule has 0 spiro atoms. The lowest BCUT2D eigenvalue weighted by molar-refractivity contribution is -0.135. The van der Waals surface area contributed by atoms with Crippen LogP contribution in [0.3, 0.4) is 0 Å². The lowest BCUT2D eigenvalue weighted by Crippen LogP contribution is -2.21. The normalized spacial score (nSPS) is 11.0. The molecule has 0 aliphatic carbocycles. The van der Waals surface area contributed by atoms with Crippen LogP contribution in [-0.2, 0) is 22.7 Å². The summed E-state index contributed by atoms with van der Waals surface area (Å²) in [5.74, 6) is 2.11. The van der Waals surface area contributed by atoms with Gasteiger partial charge in [-0.05, 0) is 72.9 Å². The highest BCUT2D eigenvalue weighted by Crippen LogP contribution is 2.24. The van der Waals surface area contributed by atoms with E-state index in [1.165, 1.54) is 31.2 Å². The molecule has 1 aromatic heterocycles. The molecule has 43 heavy (non-hydrogen) atoms. The monoisotopic (exact) mass is 604 g/mol. The average molecular weight is 605 g/mol. The predicted molar refractivity (Wildman–Crippen MR) is 175 cm³/mol. The van der Waals surface area contributed by atoms with Crippen molar-refractivity contribution < 1.29 is 24.2 Å². The number of amides is 1. The summed E-state index contributed by atoms with van der Waals surface area (Å²) < 4.78 is 11.3. The van der Waals surface area contributed by atoms with Crippen molar-refractivity contribution in [1.29, 1.82) is 0 Å². The Bertz CT molecular complexity index is 1320. The molecule has 0 fully saturated rings. The second-order valence-electron chi connectivity index (χ2n) is 10.6. The van der Waals surface area contributed by atoms with Crippen molar-refractivity contribution in [1.82, 2.24) is 9.88 Å². The van der Waals surface area contributed by atoms with Gasteiger partial charge in [-0.1, -0.05) is 56.0 Å². The van der Waals surface area contributed by atoms with E-state index in [1.807, 2.05) is 48.5 Å². The Labute approximate surface area is 260 Å². The van der Waals surface area contributed by atoms with Gasteiger partial charge in [0.1, 0.15) is 17.2 Å². The fourth-order valence-electron chi connectivity index (χ4n) is 4.54. The number of unbranched alkanes of at least 4 members (excludes halogenated alkanes) is 5. The highest BCUT2D eigenvalue weighted by atomic mass is 32.2. The van der Waals surface area contributed by atoms with E-state index in [1.54, 1.807) is 50.0 Å².